The third-order valence-corrected chi connectivity index (χ3v) is 14.4. The van der Waals surface area contributed by atoms with E-state index in [2.05, 4.69) is 96.0 Å². The highest BCUT2D eigenvalue weighted by atomic mass is 16.5. The maximum atomic E-state index is 10.6. The van der Waals surface area contributed by atoms with Crippen LogP contribution >= 0.6 is 0 Å². The Hall–Kier alpha value is -4.82. The minimum Gasteiger partial charge on any atom is -0.511 e. The lowest BCUT2D eigenvalue weighted by Gasteiger charge is -2.30. The molecule has 4 aliphatic heterocycles. The van der Waals surface area contributed by atoms with Crippen LogP contribution in [-0.4, -0.2) is 107 Å². The predicted molar refractivity (Wildman–Crippen MR) is 291 cm³/mol. The molecule has 0 bridgehead atoms. The average molecular weight is 987 g/mol. The van der Waals surface area contributed by atoms with Gasteiger partial charge in [0.25, 0.3) is 0 Å². The lowest BCUT2D eigenvalue weighted by molar-refractivity contribution is 0.0160. The van der Waals surface area contributed by atoms with Gasteiger partial charge in [-0.15, -0.1) is 0 Å². The Morgan fingerprint density at radius 2 is 0.986 bits per heavy atom. The van der Waals surface area contributed by atoms with Crippen LogP contribution in [0.1, 0.15) is 162 Å². The summed E-state index contributed by atoms with van der Waals surface area (Å²) >= 11 is 0. The first-order valence-electron chi connectivity index (χ1n) is 27.2. The lowest BCUT2D eigenvalue weighted by atomic mass is 9.95. The highest BCUT2D eigenvalue weighted by Crippen LogP contribution is 2.38. The molecule has 2 fully saturated rings. The number of aryl methyl sites for hydroxylation is 4. The standard InChI is InChI=1S/2C30H43N3O3/c2*1-21(2)36-23(4)27-12-5-6-13-28(27)29(22(3)34)33-18-16-26(20-33)35-19-8-7-11-25-15-14-24-10-9-17-31-30(24)32-25/h2*5-6,12-15,21,23,26,29,34H,3,7-11,16-20H2,1-2,4H3,(H,31,32)/t23-,26+,29?;23-,26+,29+/m00/s1. The number of anilines is 2. The van der Waals surface area contributed by atoms with Gasteiger partial charge in [0.1, 0.15) is 23.2 Å². The summed E-state index contributed by atoms with van der Waals surface area (Å²) in [6.07, 6.45) is 13.2. The van der Waals surface area contributed by atoms with E-state index in [1.165, 1.54) is 24.0 Å². The smallest absolute Gasteiger partial charge is 0.129 e. The van der Waals surface area contributed by atoms with E-state index in [0.29, 0.717) is 0 Å². The molecule has 4 N–H and O–H groups in total. The van der Waals surface area contributed by atoms with Crippen LogP contribution in [0.2, 0.25) is 0 Å². The Kier molecular flexibility index (Phi) is 21.0. The van der Waals surface area contributed by atoms with E-state index >= 15 is 0 Å². The Morgan fingerprint density at radius 3 is 1.38 bits per heavy atom. The average Bonchev–Trinajstić information content (AvgIpc) is 4.03. The fourth-order valence-electron chi connectivity index (χ4n) is 11.0. The van der Waals surface area contributed by atoms with Gasteiger partial charge in [-0.2, -0.15) is 0 Å². The van der Waals surface area contributed by atoms with E-state index in [1.807, 2.05) is 52.0 Å². The molecule has 6 atom stereocenters. The number of likely N-dealkylation sites (tertiary alicyclic amines) is 2. The first-order chi connectivity index (χ1) is 34.8. The Bertz CT molecular complexity index is 2180. The Balaban J connectivity index is 0.000000211. The number of hydrogen-bond acceptors (Lipinski definition) is 12. The van der Waals surface area contributed by atoms with Crippen molar-refractivity contribution in [3.63, 3.8) is 0 Å². The third kappa shape index (κ3) is 15.6. The molecule has 2 aromatic heterocycles. The van der Waals surface area contributed by atoms with Gasteiger partial charge in [-0.3, -0.25) is 9.80 Å². The number of unbranched alkanes of at least 4 members (excludes halogenated alkanes) is 2. The minimum absolute atomic E-state index is 0.0573. The van der Waals surface area contributed by atoms with E-state index in [1.54, 1.807) is 0 Å². The molecule has 2 aromatic carbocycles. The van der Waals surface area contributed by atoms with Gasteiger partial charge >= 0.3 is 0 Å². The summed E-state index contributed by atoms with van der Waals surface area (Å²) in [5, 5.41) is 28.0. The maximum absolute atomic E-state index is 10.6. The van der Waals surface area contributed by atoms with Crippen molar-refractivity contribution >= 4 is 11.6 Å². The number of rotatable bonds is 24. The van der Waals surface area contributed by atoms with Crippen LogP contribution in [0.15, 0.2) is 97.5 Å². The molecule has 4 aliphatic rings. The second kappa shape index (κ2) is 27.5. The molecular formula is C60H86N6O6. The van der Waals surface area contributed by atoms with Crippen molar-refractivity contribution in [2.24, 2.45) is 0 Å². The number of aliphatic hydroxyl groups is 2. The summed E-state index contributed by atoms with van der Waals surface area (Å²) in [5.41, 5.74) is 9.32. The third-order valence-electron chi connectivity index (χ3n) is 14.4. The van der Waals surface area contributed by atoms with Gasteiger partial charge in [-0.1, -0.05) is 73.8 Å². The van der Waals surface area contributed by atoms with Gasteiger partial charge < -0.3 is 39.8 Å². The SMILES string of the molecule is C=C(O)C(c1ccccc1[C@H](C)OC(C)C)N1CC[C@@H](OCCCCc2ccc3c(n2)NCCC3)C1.C=C(O)[C@H](c1ccccc1[C@H](C)OC(C)C)N1CC[C@@H](OCCCCc2ccc3c(n2)NCCC3)C1. The molecule has 392 valence electrons. The molecular weight excluding hydrogens is 901 g/mol. The molecule has 0 spiro atoms. The van der Waals surface area contributed by atoms with Gasteiger partial charge in [0.05, 0.1) is 48.7 Å². The second-order valence-corrected chi connectivity index (χ2v) is 20.8. The Labute approximate surface area is 431 Å². The fraction of sp³-hybridized carbons (Fsp3) is 0.567. The zero-order chi connectivity index (χ0) is 51.0. The number of nitrogens with zero attached hydrogens (tertiary/aromatic N) is 4. The van der Waals surface area contributed by atoms with Crippen LogP contribution in [0.25, 0.3) is 0 Å². The van der Waals surface area contributed by atoms with Crippen molar-refractivity contribution in [3.05, 3.63) is 142 Å². The maximum Gasteiger partial charge on any atom is 0.129 e. The van der Waals surface area contributed by atoms with Gasteiger partial charge in [0.2, 0.25) is 0 Å². The van der Waals surface area contributed by atoms with Crippen LogP contribution < -0.4 is 10.6 Å². The van der Waals surface area contributed by atoms with Crippen LogP contribution in [0.3, 0.4) is 0 Å². The van der Waals surface area contributed by atoms with Crippen LogP contribution in [0.4, 0.5) is 11.6 Å². The summed E-state index contributed by atoms with van der Waals surface area (Å²) < 4.78 is 24.6. The number of ether oxygens (including phenoxy) is 4. The van der Waals surface area contributed by atoms with E-state index in [4.69, 9.17) is 28.9 Å². The summed E-state index contributed by atoms with van der Waals surface area (Å²) in [5.74, 6) is 2.50. The molecule has 2 saturated heterocycles. The number of hydrogen-bond donors (Lipinski definition) is 4. The molecule has 0 radical (unpaired) electrons. The molecule has 8 rings (SSSR count). The normalized spacial score (nSPS) is 19.6. The van der Waals surface area contributed by atoms with Crippen LogP contribution in [0, 0.1) is 0 Å². The van der Waals surface area contributed by atoms with Crippen molar-refractivity contribution < 1.29 is 29.2 Å². The number of pyridine rings is 2. The zero-order valence-electron chi connectivity index (χ0n) is 44.4. The fourth-order valence-corrected chi connectivity index (χ4v) is 11.0. The van der Waals surface area contributed by atoms with Crippen molar-refractivity contribution in [1.82, 2.24) is 19.8 Å². The molecule has 0 amide bonds. The first-order valence-corrected chi connectivity index (χ1v) is 27.2. The van der Waals surface area contributed by atoms with Crippen molar-refractivity contribution in [3.8, 4) is 0 Å². The second-order valence-electron chi connectivity index (χ2n) is 20.8. The molecule has 72 heavy (non-hydrogen) atoms. The Morgan fingerprint density at radius 1 is 0.583 bits per heavy atom. The number of fused-ring (bicyclic) bond motifs is 2. The van der Waals surface area contributed by atoms with Crippen molar-refractivity contribution in [1.29, 1.82) is 0 Å². The molecule has 1 unspecified atom stereocenters. The van der Waals surface area contributed by atoms with E-state index < -0.39 is 0 Å². The zero-order valence-corrected chi connectivity index (χ0v) is 44.4. The van der Waals surface area contributed by atoms with Crippen molar-refractivity contribution in [2.75, 3.05) is 63.1 Å². The molecule has 4 aromatic rings. The van der Waals surface area contributed by atoms with Gasteiger partial charge in [-0.25, -0.2) is 9.97 Å². The number of aliphatic hydroxyl groups excluding tert-OH is 2. The monoisotopic (exact) mass is 987 g/mol. The highest BCUT2D eigenvalue weighted by Gasteiger charge is 2.35. The topological polar surface area (TPSA) is 134 Å². The van der Waals surface area contributed by atoms with Gasteiger partial charge in [0, 0.05) is 63.9 Å². The summed E-state index contributed by atoms with van der Waals surface area (Å²) in [4.78, 5) is 14.2. The lowest BCUT2D eigenvalue weighted by Crippen LogP contribution is -2.30. The van der Waals surface area contributed by atoms with E-state index in [0.717, 1.165) is 162 Å². The van der Waals surface area contributed by atoms with Crippen LogP contribution in [-0.2, 0) is 44.6 Å². The number of aromatic nitrogens is 2. The molecule has 12 nitrogen and oxygen atoms in total. The number of nitrogens with one attached hydrogen (secondary N) is 2. The van der Waals surface area contributed by atoms with E-state index in [9.17, 15) is 10.2 Å². The van der Waals surface area contributed by atoms with Gasteiger partial charge in [-0.05, 0) is 164 Å². The molecule has 0 aliphatic carbocycles. The summed E-state index contributed by atoms with van der Waals surface area (Å²) in [7, 11) is 0. The number of benzene rings is 2. The summed E-state index contributed by atoms with van der Waals surface area (Å²) in [6.45, 7) is 27.0. The molecule has 12 heteroatoms. The van der Waals surface area contributed by atoms with Crippen LogP contribution in [0.5, 0.6) is 0 Å². The molecule has 0 saturated carbocycles. The van der Waals surface area contributed by atoms with E-state index in [-0.39, 0.29) is 60.2 Å². The minimum atomic E-state index is -0.253. The quantitative estimate of drug-likeness (QED) is 0.0393. The highest BCUT2D eigenvalue weighted by molar-refractivity contribution is 5.48. The predicted octanol–water partition coefficient (Wildman–Crippen LogP) is 12.3. The van der Waals surface area contributed by atoms with Crippen molar-refractivity contribution in [2.45, 2.75) is 167 Å². The first kappa shape index (κ1) is 54.9. The summed E-state index contributed by atoms with van der Waals surface area (Å²) in [6, 6.07) is 24.8. The van der Waals surface area contributed by atoms with Gasteiger partial charge in [0.15, 0.2) is 0 Å². The largest absolute Gasteiger partial charge is 0.511 e. The molecule has 6 heterocycles.